The van der Waals surface area contributed by atoms with Crippen molar-refractivity contribution in [3.05, 3.63) is 11.3 Å². The molecule has 1 rings (SSSR count). The summed E-state index contributed by atoms with van der Waals surface area (Å²) in [7, 11) is 2.14. The quantitative estimate of drug-likeness (QED) is 0.469. The molecule has 0 saturated heterocycles. The second-order valence-corrected chi connectivity index (χ2v) is 3.98. The summed E-state index contributed by atoms with van der Waals surface area (Å²) >= 11 is 0. The van der Waals surface area contributed by atoms with Crippen LogP contribution in [-0.2, 0) is 0 Å². The highest BCUT2D eigenvalue weighted by Crippen LogP contribution is 2.35. The molecule has 0 aromatic carbocycles. The van der Waals surface area contributed by atoms with Gasteiger partial charge in [-0.1, -0.05) is 0 Å². The highest BCUT2D eigenvalue weighted by atomic mass is 15.0. The summed E-state index contributed by atoms with van der Waals surface area (Å²) in [6, 6.07) is 0. The molecule has 0 aliphatic carbocycles. The van der Waals surface area contributed by atoms with E-state index in [1.807, 2.05) is 0 Å². The first-order valence-electron chi connectivity index (χ1n) is 4.14. The Bertz CT molecular complexity index is 228. The molecule has 0 aromatic heterocycles. The van der Waals surface area contributed by atoms with E-state index < -0.39 is 0 Å². The Hall–Kier alpha value is -0.590. The summed E-state index contributed by atoms with van der Waals surface area (Å²) in [5.41, 5.74) is 4.64. The van der Waals surface area contributed by atoms with Crippen LogP contribution < -0.4 is 0 Å². The maximum atomic E-state index is 2.29. The minimum absolute atomic E-state index is 0.277. The molecule has 0 bridgehead atoms. The van der Waals surface area contributed by atoms with Gasteiger partial charge >= 0.3 is 0 Å². The molecular formula is C10H18N+. The van der Waals surface area contributed by atoms with Crippen LogP contribution in [-0.4, -0.2) is 17.3 Å². The van der Waals surface area contributed by atoms with Gasteiger partial charge in [0, 0.05) is 19.4 Å². The van der Waals surface area contributed by atoms with Crippen LogP contribution in [0.5, 0.6) is 0 Å². The van der Waals surface area contributed by atoms with Gasteiger partial charge in [-0.3, -0.25) is 0 Å². The molecule has 1 aliphatic heterocycles. The molecule has 0 saturated carbocycles. The largest absolute Gasteiger partial charge is 0.206 e. The molecule has 0 radical (unpaired) electrons. The van der Waals surface area contributed by atoms with Gasteiger partial charge in [-0.15, -0.1) is 0 Å². The van der Waals surface area contributed by atoms with Gasteiger partial charge in [-0.2, -0.15) is 0 Å². The Balaban J connectivity index is 3.27. The molecule has 1 heterocycles. The molecule has 1 heteroatoms. The van der Waals surface area contributed by atoms with Crippen molar-refractivity contribution in [2.45, 2.75) is 34.6 Å². The van der Waals surface area contributed by atoms with Crippen LogP contribution >= 0.6 is 0 Å². The van der Waals surface area contributed by atoms with E-state index in [0.29, 0.717) is 0 Å². The van der Waals surface area contributed by atoms with Crippen molar-refractivity contribution in [2.24, 2.45) is 5.41 Å². The molecule has 0 amide bonds. The second kappa shape index (κ2) is 2.20. The SMILES string of the molecule is CC1=C(C)C(C)(C)C(C)=[N+]1C. The maximum absolute atomic E-state index is 2.29. The maximum Gasteiger partial charge on any atom is 0.177 e. The van der Waals surface area contributed by atoms with Crippen molar-refractivity contribution in [2.75, 3.05) is 7.05 Å². The first-order valence-corrected chi connectivity index (χ1v) is 4.14. The summed E-state index contributed by atoms with van der Waals surface area (Å²) in [6.45, 7) is 11.2. The summed E-state index contributed by atoms with van der Waals surface area (Å²) in [5, 5.41) is 0. The minimum atomic E-state index is 0.277. The van der Waals surface area contributed by atoms with Gasteiger partial charge in [-0.05, 0) is 20.8 Å². The number of rotatable bonds is 0. The van der Waals surface area contributed by atoms with Gasteiger partial charge in [0.15, 0.2) is 11.4 Å². The number of allylic oxidation sites excluding steroid dienone is 2. The molecule has 0 fully saturated rings. The van der Waals surface area contributed by atoms with Crippen LogP contribution in [0.4, 0.5) is 0 Å². The summed E-state index contributed by atoms with van der Waals surface area (Å²) in [6.07, 6.45) is 0. The highest BCUT2D eigenvalue weighted by molar-refractivity contribution is 5.87. The van der Waals surface area contributed by atoms with E-state index in [-0.39, 0.29) is 5.41 Å². The van der Waals surface area contributed by atoms with E-state index in [1.54, 1.807) is 0 Å². The number of nitrogens with zero attached hydrogens (tertiary/aromatic N) is 1. The normalized spacial score (nSPS) is 23.5. The average Bonchev–Trinajstić information content (AvgIpc) is 2.06. The Kier molecular flexibility index (Phi) is 1.70. The Morgan fingerprint density at radius 3 is 1.64 bits per heavy atom. The number of hydrogen-bond donors (Lipinski definition) is 0. The highest BCUT2D eigenvalue weighted by Gasteiger charge is 2.39. The lowest BCUT2D eigenvalue weighted by molar-refractivity contribution is -0.442. The zero-order valence-electron chi connectivity index (χ0n) is 8.45. The monoisotopic (exact) mass is 152 g/mol. The number of hydrogen-bond acceptors (Lipinski definition) is 0. The van der Waals surface area contributed by atoms with Gasteiger partial charge in [-0.25, -0.2) is 4.58 Å². The lowest BCUT2D eigenvalue weighted by atomic mass is 9.82. The second-order valence-electron chi connectivity index (χ2n) is 3.98. The third kappa shape index (κ3) is 0.943. The van der Waals surface area contributed by atoms with E-state index in [0.717, 1.165) is 0 Å². The zero-order valence-corrected chi connectivity index (χ0v) is 8.45. The third-order valence-electron chi connectivity index (χ3n) is 3.39. The van der Waals surface area contributed by atoms with Crippen LogP contribution in [0.2, 0.25) is 0 Å². The summed E-state index contributed by atoms with van der Waals surface area (Å²) in [4.78, 5) is 0. The first-order chi connectivity index (χ1) is 4.89. The van der Waals surface area contributed by atoms with Crippen LogP contribution in [0.15, 0.2) is 11.3 Å². The average molecular weight is 152 g/mol. The fraction of sp³-hybridized carbons (Fsp3) is 0.700. The fourth-order valence-electron chi connectivity index (χ4n) is 1.65. The first kappa shape index (κ1) is 8.51. The molecule has 1 aliphatic rings. The molecule has 0 N–H and O–H groups in total. The zero-order chi connectivity index (χ0) is 8.81. The van der Waals surface area contributed by atoms with Crippen LogP contribution in [0.1, 0.15) is 34.6 Å². The van der Waals surface area contributed by atoms with Gasteiger partial charge in [0.25, 0.3) is 0 Å². The Morgan fingerprint density at radius 1 is 1.09 bits per heavy atom. The van der Waals surface area contributed by atoms with Gasteiger partial charge in [0.05, 0.1) is 5.41 Å². The lowest BCUT2D eigenvalue weighted by Gasteiger charge is -2.15. The van der Waals surface area contributed by atoms with Crippen molar-refractivity contribution in [1.82, 2.24) is 0 Å². The standard InChI is InChI=1S/C10H18N/c1-7-8(2)11(6)9(3)10(7,4)5/h1-6H3/q+1. The van der Waals surface area contributed by atoms with Crippen LogP contribution in [0.25, 0.3) is 0 Å². The predicted octanol–water partition coefficient (Wildman–Crippen LogP) is 2.42. The molecular weight excluding hydrogens is 134 g/mol. The summed E-state index contributed by atoms with van der Waals surface area (Å²) < 4.78 is 2.29. The topological polar surface area (TPSA) is 3.01 Å². The van der Waals surface area contributed by atoms with E-state index in [2.05, 4.69) is 46.2 Å². The van der Waals surface area contributed by atoms with E-state index >= 15 is 0 Å². The van der Waals surface area contributed by atoms with Crippen LogP contribution in [0, 0.1) is 5.41 Å². The van der Waals surface area contributed by atoms with E-state index in [4.69, 9.17) is 0 Å². The molecule has 1 nitrogen and oxygen atoms in total. The lowest BCUT2D eigenvalue weighted by Crippen LogP contribution is -2.22. The van der Waals surface area contributed by atoms with Crippen molar-refractivity contribution in [3.8, 4) is 0 Å². The Labute approximate surface area is 69.4 Å². The molecule has 62 valence electrons. The molecule has 0 atom stereocenters. The Morgan fingerprint density at radius 2 is 1.55 bits per heavy atom. The van der Waals surface area contributed by atoms with Crippen LogP contribution in [0.3, 0.4) is 0 Å². The molecule has 0 spiro atoms. The van der Waals surface area contributed by atoms with Gasteiger partial charge in [0.2, 0.25) is 0 Å². The molecule has 0 aromatic rings. The van der Waals surface area contributed by atoms with Crippen molar-refractivity contribution in [1.29, 1.82) is 0 Å². The third-order valence-corrected chi connectivity index (χ3v) is 3.39. The smallest absolute Gasteiger partial charge is 0.177 e. The fourth-order valence-corrected chi connectivity index (χ4v) is 1.65. The van der Waals surface area contributed by atoms with Gasteiger partial charge < -0.3 is 0 Å². The van der Waals surface area contributed by atoms with E-state index in [1.165, 1.54) is 17.0 Å². The van der Waals surface area contributed by atoms with Crippen molar-refractivity contribution < 1.29 is 4.58 Å². The van der Waals surface area contributed by atoms with Crippen molar-refractivity contribution >= 4 is 5.71 Å². The predicted molar refractivity (Wildman–Crippen MR) is 49.0 cm³/mol. The van der Waals surface area contributed by atoms with Crippen molar-refractivity contribution in [3.63, 3.8) is 0 Å². The minimum Gasteiger partial charge on any atom is -0.206 e. The van der Waals surface area contributed by atoms with Gasteiger partial charge in [0.1, 0.15) is 7.05 Å². The van der Waals surface area contributed by atoms with E-state index in [9.17, 15) is 0 Å². The summed E-state index contributed by atoms with van der Waals surface area (Å²) in [5.74, 6) is 0. The molecule has 0 unspecified atom stereocenters. The molecule has 11 heavy (non-hydrogen) atoms.